The average Bonchev–Trinajstić information content (AvgIpc) is 2.25. The van der Waals surface area contributed by atoms with Gasteiger partial charge in [-0.15, -0.1) is 0 Å². The van der Waals surface area contributed by atoms with Crippen LogP contribution in [-0.4, -0.2) is 51.8 Å². The Morgan fingerprint density at radius 1 is 1.33 bits per heavy atom. The molecular formula is C11H27N3O. The molecule has 0 saturated heterocycles. The van der Waals surface area contributed by atoms with E-state index in [0.29, 0.717) is 6.02 Å². The van der Waals surface area contributed by atoms with Crippen LogP contribution in [0.1, 0.15) is 27.2 Å². The summed E-state index contributed by atoms with van der Waals surface area (Å²) in [6.07, 6.45) is 1.06. The van der Waals surface area contributed by atoms with Crippen molar-refractivity contribution in [3.8, 4) is 0 Å². The van der Waals surface area contributed by atoms with Crippen molar-refractivity contribution >= 4 is 6.02 Å². The molecule has 0 amide bonds. The Labute approximate surface area is 94.7 Å². The first-order chi connectivity index (χ1) is 7.20. The molecule has 0 saturated carbocycles. The molecule has 4 heteroatoms. The van der Waals surface area contributed by atoms with Crippen molar-refractivity contribution in [1.82, 2.24) is 10.2 Å². The van der Waals surface area contributed by atoms with Gasteiger partial charge in [0.2, 0.25) is 0 Å². The molecule has 0 aromatic heterocycles. The van der Waals surface area contributed by atoms with E-state index in [4.69, 9.17) is 4.74 Å². The number of hydrogen-bond donors (Lipinski definition) is 1. The first-order valence-electron chi connectivity index (χ1n) is 5.67. The number of rotatable bonds is 5. The van der Waals surface area contributed by atoms with Crippen molar-refractivity contribution in [2.24, 2.45) is 4.99 Å². The van der Waals surface area contributed by atoms with Gasteiger partial charge in [-0.1, -0.05) is 13.8 Å². The van der Waals surface area contributed by atoms with Crippen LogP contribution in [0.3, 0.4) is 0 Å². The van der Waals surface area contributed by atoms with Crippen LogP contribution in [0.4, 0.5) is 0 Å². The van der Waals surface area contributed by atoms with Gasteiger partial charge in [-0.3, -0.25) is 0 Å². The Kier molecular flexibility index (Phi) is 14.7. The van der Waals surface area contributed by atoms with Crippen LogP contribution < -0.4 is 5.32 Å². The molecule has 4 nitrogen and oxygen atoms in total. The number of nitrogens with zero attached hydrogens (tertiary/aromatic N) is 2. The number of amidine groups is 1. The van der Waals surface area contributed by atoms with Crippen LogP contribution in [0.2, 0.25) is 0 Å². The largest absolute Gasteiger partial charge is 0.469 e. The van der Waals surface area contributed by atoms with Crippen molar-refractivity contribution < 1.29 is 4.74 Å². The number of nitrogens with one attached hydrogen (secondary N) is 1. The van der Waals surface area contributed by atoms with E-state index in [9.17, 15) is 0 Å². The summed E-state index contributed by atoms with van der Waals surface area (Å²) in [5.41, 5.74) is 0. The highest BCUT2D eigenvalue weighted by atomic mass is 16.5. The molecular weight excluding hydrogens is 190 g/mol. The van der Waals surface area contributed by atoms with E-state index in [-0.39, 0.29) is 0 Å². The second-order valence-electron chi connectivity index (χ2n) is 3.08. The minimum absolute atomic E-state index is 0.640. The lowest BCUT2D eigenvalue weighted by Gasteiger charge is -2.08. The molecule has 0 aliphatic heterocycles. The zero-order valence-corrected chi connectivity index (χ0v) is 11.1. The quantitative estimate of drug-likeness (QED) is 0.431. The number of methoxy groups -OCH3 is 1. The Bertz CT molecular complexity index is 147. The van der Waals surface area contributed by atoms with Crippen molar-refractivity contribution in [2.45, 2.75) is 27.2 Å². The summed E-state index contributed by atoms with van der Waals surface area (Å²) in [6, 6.07) is 0.640. The maximum absolute atomic E-state index is 5.02. The monoisotopic (exact) mass is 217 g/mol. The van der Waals surface area contributed by atoms with Gasteiger partial charge in [-0.25, -0.2) is 4.99 Å². The number of hydrogen-bond acceptors (Lipinski definition) is 3. The third-order valence-electron chi connectivity index (χ3n) is 1.54. The highest BCUT2D eigenvalue weighted by Gasteiger charge is 1.94. The molecule has 92 valence electrons. The highest BCUT2D eigenvalue weighted by molar-refractivity contribution is 5.73. The van der Waals surface area contributed by atoms with E-state index < -0.39 is 0 Å². The molecule has 15 heavy (non-hydrogen) atoms. The van der Waals surface area contributed by atoms with E-state index in [1.807, 2.05) is 20.8 Å². The summed E-state index contributed by atoms with van der Waals surface area (Å²) < 4.78 is 5.02. The van der Waals surface area contributed by atoms with Gasteiger partial charge in [0.15, 0.2) is 0 Å². The molecule has 1 N–H and O–H groups in total. The van der Waals surface area contributed by atoms with Crippen LogP contribution in [0.15, 0.2) is 4.99 Å². The highest BCUT2D eigenvalue weighted by Crippen LogP contribution is 1.85. The fourth-order valence-electron chi connectivity index (χ4n) is 0.911. The van der Waals surface area contributed by atoms with Gasteiger partial charge < -0.3 is 15.0 Å². The Morgan fingerprint density at radius 2 is 1.93 bits per heavy atom. The van der Waals surface area contributed by atoms with E-state index in [2.05, 4.69) is 29.3 Å². The maximum atomic E-state index is 5.02. The van der Waals surface area contributed by atoms with Crippen molar-refractivity contribution in [1.29, 1.82) is 0 Å². The van der Waals surface area contributed by atoms with Gasteiger partial charge in [-0.05, 0) is 34.0 Å². The Morgan fingerprint density at radius 3 is 2.33 bits per heavy atom. The predicted molar refractivity (Wildman–Crippen MR) is 67.5 cm³/mol. The van der Waals surface area contributed by atoms with Crippen molar-refractivity contribution in [2.75, 3.05) is 40.8 Å². The molecule has 0 rings (SSSR count). The summed E-state index contributed by atoms with van der Waals surface area (Å²) >= 11 is 0. The average molecular weight is 217 g/mol. The molecule has 0 aliphatic carbocycles. The maximum Gasteiger partial charge on any atom is 0.284 e. The van der Waals surface area contributed by atoms with Gasteiger partial charge in [0.05, 0.1) is 7.11 Å². The summed E-state index contributed by atoms with van der Waals surface area (Å²) in [5, 5.41) is 3.03. The van der Waals surface area contributed by atoms with Gasteiger partial charge in [-0.2, -0.15) is 0 Å². The van der Waals surface area contributed by atoms with E-state index in [1.54, 1.807) is 7.11 Å². The lowest BCUT2D eigenvalue weighted by molar-refractivity contribution is 0.374. The lowest BCUT2D eigenvalue weighted by atomic mass is 10.4. The second-order valence-corrected chi connectivity index (χ2v) is 3.08. The van der Waals surface area contributed by atoms with Crippen LogP contribution in [0, 0.1) is 0 Å². The normalized spacial score (nSPS) is 10.7. The second kappa shape index (κ2) is 13.2. The molecule has 0 spiro atoms. The smallest absolute Gasteiger partial charge is 0.284 e. The Hall–Kier alpha value is -0.770. The van der Waals surface area contributed by atoms with Crippen LogP contribution in [0.5, 0.6) is 0 Å². The lowest BCUT2D eigenvalue weighted by Crippen LogP contribution is -2.25. The molecule has 0 radical (unpaired) electrons. The van der Waals surface area contributed by atoms with Gasteiger partial charge in [0.25, 0.3) is 6.02 Å². The van der Waals surface area contributed by atoms with Crippen LogP contribution >= 0.6 is 0 Å². The first kappa shape index (κ1) is 16.7. The van der Waals surface area contributed by atoms with Crippen LogP contribution in [0.25, 0.3) is 0 Å². The van der Waals surface area contributed by atoms with Crippen molar-refractivity contribution in [3.63, 3.8) is 0 Å². The third kappa shape index (κ3) is 13.2. The standard InChI is InChI=1S/C9H21N3O.C2H6/c1-5-10-9(13-4)11-7-6-8-12(2)3;1-2/h5-8H2,1-4H3,(H,10,11);1-2H3. The molecule has 0 aliphatic rings. The summed E-state index contributed by atoms with van der Waals surface area (Å²) in [7, 11) is 5.75. The fourth-order valence-corrected chi connectivity index (χ4v) is 0.911. The molecule has 0 bridgehead atoms. The molecule has 0 atom stereocenters. The summed E-state index contributed by atoms with van der Waals surface area (Å²) in [6.45, 7) is 8.75. The fraction of sp³-hybridized carbons (Fsp3) is 0.909. The van der Waals surface area contributed by atoms with E-state index >= 15 is 0 Å². The first-order valence-corrected chi connectivity index (χ1v) is 5.67. The van der Waals surface area contributed by atoms with Gasteiger partial charge in [0, 0.05) is 13.1 Å². The topological polar surface area (TPSA) is 36.9 Å². The minimum Gasteiger partial charge on any atom is -0.469 e. The van der Waals surface area contributed by atoms with Gasteiger partial charge >= 0.3 is 0 Å². The third-order valence-corrected chi connectivity index (χ3v) is 1.54. The van der Waals surface area contributed by atoms with E-state index in [1.165, 1.54) is 0 Å². The zero-order valence-electron chi connectivity index (χ0n) is 11.1. The molecule has 0 aromatic rings. The predicted octanol–water partition coefficient (Wildman–Crippen LogP) is 1.58. The minimum atomic E-state index is 0.640. The van der Waals surface area contributed by atoms with Gasteiger partial charge in [0.1, 0.15) is 0 Å². The molecule has 0 fully saturated rings. The number of aliphatic imine (C=N–C) groups is 1. The SMILES string of the molecule is CC.CCNC(=NCCCN(C)C)OC. The van der Waals surface area contributed by atoms with Crippen molar-refractivity contribution in [3.05, 3.63) is 0 Å². The molecule has 0 aromatic carbocycles. The number of ether oxygens (including phenoxy) is 1. The molecule has 0 heterocycles. The van der Waals surface area contributed by atoms with E-state index in [0.717, 1.165) is 26.1 Å². The Balaban J connectivity index is 0. The summed E-state index contributed by atoms with van der Waals surface area (Å²) in [4.78, 5) is 6.41. The zero-order chi connectivity index (χ0) is 12.1. The van der Waals surface area contributed by atoms with Crippen LogP contribution in [-0.2, 0) is 4.74 Å². The summed E-state index contributed by atoms with van der Waals surface area (Å²) in [5.74, 6) is 0. The molecule has 0 unspecified atom stereocenters.